The number of hydrogen-bond acceptors (Lipinski definition) is 5. The fraction of sp³-hybridized carbons (Fsp3) is 0.440. The van der Waals surface area contributed by atoms with Crippen LogP contribution in [0.5, 0.6) is 0 Å². The van der Waals surface area contributed by atoms with Crippen LogP contribution in [0.4, 0.5) is 0 Å². The summed E-state index contributed by atoms with van der Waals surface area (Å²) in [6.45, 7) is 6.75. The molecule has 0 aliphatic carbocycles. The van der Waals surface area contributed by atoms with Gasteiger partial charge in [-0.3, -0.25) is 9.59 Å². The van der Waals surface area contributed by atoms with Gasteiger partial charge in [-0.2, -0.15) is 11.8 Å². The number of rotatable bonds is 8. The van der Waals surface area contributed by atoms with Crippen LogP contribution in [-0.2, 0) is 32.3 Å². The van der Waals surface area contributed by atoms with E-state index >= 15 is 0 Å². The molecular formula is C25H31BO4S. The van der Waals surface area contributed by atoms with Crippen molar-refractivity contribution < 1.29 is 19.1 Å². The number of esters is 2. The van der Waals surface area contributed by atoms with E-state index in [1.807, 2.05) is 67.6 Å². The molecule has 2 aromatic carbocycles. The molecule has 0 saturated carbocycles. The van der Waals surface area contributed by atoms with E-state index in [0.29, 0.717) is 5.82 Å². The molecule has 3 unspecified atom stereocenters. The Morgan fingerprint density at radius 2 is 1.52 bits per heavy atom. The first-order valence-corrected chi connectivity index (χ1v) is 11.8. The number of carbonyl (C=O) groups excluding carboxylic acids is 2. The van der Waals surface area contributed by atoms with Crippen molar-refractivity contribution >= 4 is 31.5 Å². The lowest BCUT2D eigenvalue weighted by atomic mass is 9.66. The molecule has 1 heterocycles. The molecule has 3 rings (SSSR count). The van der Waals surface area contributed by atoms with Crippen LogP contribution < -0.4 is 0 Å². The highest BCUT2D eigenvalue weighted by Gasteiger charge is 2.56. The Balaban J connectivity index is 1.71. The lowest BCUT2D eigenvalue weighted by Gasteiger charge is -2.34. The number of thioether (sulfide) groups is 1. The van der Waals surface area contributed by atoms with Gasteiger partial charge in [-0.1, -0.05) is 87.3 Å². The van der Waals surface area contributed by atoms with Gasteiger partial charge in [0, 0.05) is 15.9 Å². The van der Waals surface area contributed by atoms with Crippen LogP contribution in [0.15, 0.2) is 60.7 Å². The lowest BCUT2D eigenvalue weighted by Crippen LogP contribution is -2.42. The van der Waals surface area contributed by atoms with Gasteiger partial charge in [0.05, 0.1) is 12.3 Å². The van der Waals surface area contributed by atoms with Gasteiger partial charge in [-0.05, 0) is 11.1 Å². The van der Waals surface area contributed by atoms with Crippen LogP contribution in [0.1, 0.15) is 38.3 Å². The van der Waals surface area contributed by atoms with Gasteiger partial charge < -0.3 is 9.47 Å². The quantitative estimate of drug-likeness (QED) is 0.451. The Bertz CT molecular complexity index is 874. The zero-order chi connectivity index (χ0) is 22.4. The summed E-state index contributed by atoms with van der Waals surface area (Å²) in [4.78, 5) is 26.0. The van der Waals surface area contributed by atoms with Crippen LogP contribution in [0.2, 0.25) is 5.82 Å². The summed E-state index contributed by atoms with van der Waals surface area (Å²) < 4.78 is 11.3. The van der Waals surface area contributed by atoms with Crippen LogP contribution in [0.25, 0.3) is 0 Å². The molecule has 31 heavy (non-hydrogen) atoms. The molecule has 0 spiro atoms. The molecule has 2 aromatic rings. The van der Waals surface area contributed by atoms with Crippen molar-refractivity contribution in [1.82, 2.24) is 0 Å². The normalized spacial score (nSPS) is 26.2. The number of benzene rings is 2. The summed E-state index contributed by atoms with van der Waals surface area (Å²) in [5, 5.41) is 0.239. The summed E-state index contributed by atoms with van der Waals surface area (Å²) in [6, 6.07) is 19.3. The highest BCUT2D eigenvalue weighted by atomic mass is 32.2. The van der Waals surface area contributed by atoms with Gasteiger partial charge in [0.15, 0.2) is 0 Å². The third kappa shape index (κ3) is 5.73. The molecule has 0 radical (unpaired) electrons. The standard InChI is InChI=1S/C25H31BO4S/c1-17(26)23-22(24(28)30-16-20-12-8-5-9-13-20)25(3,18(2)31-23)14-21(27)29-15-19-10-6-4-7-11-19/h4-13,17-18,22-23H,14-16,26H2,1-3H3/t17-,18?,22?,23?,25-/m1/s1. The molecule has 0 aromatic heterocycles. The van der Waals surface area contributed by atoms with Gasteiger partial charge in [0.2, 0.25) is 0 Å². The molecule has 4 nitrogen and oxygen atoms in total. The SMILES string of the molecule is B[C@H](C)C1SC(C)[C@@](C)(CC(=O)OCc2ccccc2)C1C(=O)OCc1ccccc1. The van der Waals surface area contributed by atoms with Gasteiger partial charge >= 0.3 is 11.9 Å². The maximum absolute atomic E-state index is 13.3. The largest absolute Gasteiger partial charge is 0.461 e. The molecular weight excluding hydrogens is 407 g/mol. The fourth-order valence-corrected chi connectivity index (χ4v) is 6.12. The van der Waals surface area contributed by atoms with Gasteiger partial charge in [-0.25, -0.2) is 0 Å². The highest BCUT2D eigenvalue weighted by molar-refractivity contribution is 8.01. The van der Waals surface area contributed by atoms with Crippen molar-refractivity contribution in [1.29, 1.82) is 0 Å². The van der Waals surface area contributed by atoms with E-state index in [-0.39, 0.29) is 48.0 Å². The maximum atomic E-state index is 13.3. The van der Waals surface area contributed by atoms with E-state index in [4.69, 9.17) is 9.47 Å². The molecule has 1 saturated heterocycles. The maximum Gasteiger partial charge on any atom is 0.310 e. The van der Waals surface area contributed by atoms with E-state index in [1.54, 1.807) is 11.8 Å². The minimum atomic E-state index is -0.527. The number of ether oxygens (including phenoxy) is 2. The summed E-state index contributed by atoms with van der Waals surface area (Å²) >= 11 is 1.79. The van der Waals surface area contributed by atoms with Crippen LogP contribution in [0, 0.1) is 11.3 Å². The van der Waals surface area contributed by atoms with Crippen molar-refractivity contribution in [2.24, 2.45) is 11.3 Å². The number of hydrogen-bond donors (Lipinski definition) is 0. The molecule has 5 atom stereocenters. The van der Waals surface area contributed by atoms with Crippen molar-refractivity contribution in [3.05, 3.63) is 71.8 Å². The molecule has 6 heteroatoms. The Labute approximate surface area is 190 Å². The Kier molecular flexibility index (Phi) is 7.87. The lowest BCUT2D eigenvalue weighted by molar-refractivity contribution is -0.157. The second-order valence-corrected chi connectivity index (χ2v) is 10.4. The summed E-state index contributed by atoms with van der Waals surface area (Å²) in [7, 11) is 2.13. The predicted octanol–water partition coefficient (Wildman–Crippen LogP) is 4.43. The topological polar surface area (TPSA) is 52.6 Å². The second-order valence-electron chi connectivity index (χ2n) is 8.89. The van der Waals surface area contributed by atoms with Crippen molar-refractivity contribution in [3.63, 3.8) is 0 Å². The Hall–Kier alpha value is -2.21. The fourth-order valence-electron chi connectivity index (χ4n) is 4.22. The first kappa shape index (κ1) is 23.5. The van der Waals surface area contributed by atoms with Gasteiger partial charge in [0.25, 0.3) is 0 Å². The zero-order valence-corrected chi connectivity index (χ0v) is 19.6. The Morgan fingerprint density at radius 3 is 2.03 bits per heavy atom. The van der Waals surface area contributed by atoms with Crippen molar-refractivity contribution in [2.45, 2.75) is 56.7 Å². The van der Waals surface area contributed by atoms with Crippen molar-refractivity contribution in [3.8, 4) is 0 Å². The summed E-state index contributed by atoms with van der Waals surface area (Å²) in [5.74, 6) is -0.564. The molecule has 1 fully saturated rings. The molecule has 0 bridgehead atoms. The third-order valence-corrected chi connectivity index (χ3v) is 8.31. The summed E-state index contributed by atoms with van der Waals surface area (Å²) in [6.07, 6.45) is 0.197. The zero-order valence-electron chi connectivity index (χ0n) is 18.7. The van der Waals surface area contributed by atoms with Crippen LogP contribution in [-0.4, -0.2) is 30.3 Å². The van der Waals surface area contributed by atoms with Crippen molar-refractivity contribution in [2.75, 3.05) is 0 Å². The van der Waals surface area contributed by atoms with Gasteiger partial charge in [0.1, 0.15) is 21.1 Å². The average Bonchev–Trinajstić information content (AvgIpc) is 3.02. The van der Waals surface area contributed by atoms with E-state index in [9.17, 15) is 9.59 Å². The van der Waals surface area contributed by atoms with E-state index < -0.39 is 5.41 Å². The van der Waals surface area contributed by atoms with E-state index in [1.165, 1.54) is 0 Å². The second kappa shape index (κ2) is 10.4. The predicted molar refractivity (Wildman–Crippen MR) is 127 cm³/mol. The van der Waals surface area contributed by atoms with E-state index in [2.05, 4.69) is 21.7 Å². The molecule has 164 valence electrons. The summed E-state index contributed by atoms with van der Waals surface area (Å²) in [5.41, 5.74) is 1.38. The highest BCUT2D eigenvalue weighted by Crippen LogP contribution is 2.56. The average molecular weight is 438 g/mol. The minimum Gasteiger partial charge on any atom is -0.461 e. The van der Waals surface area contributed by atoms with Gasteiger partial charge in [-0.15, -0.1) is 0 Å². The monoisotopic (exact) mass is 438 g/mol. The first-order valence-electron chi connectivity index (χ1n) is 10.9. The molecule has 0 amide bonds. The minimum absolute atomic E-state index is 0.102. The Morgan fingerprint density at radius 1 is 1.00 bits per heavy atom. The smallest absolute Gasteiger partial charge is 0.310 e. The van der Waals surface area contributed by atoms with Crippen LogP contribution in [0.3, 0.4) is 0 Å². The number of carbonyl (C=O) groups is 2. The molecule has 1 aliphatic heterocycles. The molecule has 1 aliphatic rings. The first-order chi connectivity index (χ1) is 14.8. The van der Waals surface area contributed by atoms with Crippen LogP contribution >= 0.6 is 11.8 Å². The van der Waals surface area contributed by atoms with E-state index in [0.717, 1.165) is 11.1 Å². The third-order valence-electron chi connectivity index (χ3n) is 6.23. The molecule has 0 N–H and O–H groups in total.